The maximum atomic E-state index is 12.2. The Bertz CT molecular complexity index is 1010. The lowest BCUT2D eigenvalue weighted by Crippen LogP contribution is -2.33. The second-order valence-electron chi connectivity index (χ2n) is 5.68. The normalized spacial score (nSPS) is 12.0. The third-order valence-electron chi connectivity index (χ3n) is 3.74. The van der Waals surface area contributed by atoms with Crippen molar-refractivity contribution < 1.29 is 14.5 Å². The first-order chi connectivity index (χ1) is 13.0. The van der Waals surface area contributed by atoms with E-state index in [9.17, 15) is 14.9 Å². The van der Waals surface area contributed by atoms with E-state index in [4.69, 9.17) is 4.74 Å². The smallest absolute Gasteiger partial charge is 0.280 e. The van der Waals surface area contributed by atoms with Gasteiger partial charge in [-0.15, -0.1) is 0 Å². The van der Waals surface area contributed by atoms with Gasteiger partial charge in [-0.05, 0) is 19.1 Å². The summed E-state index contributed by atoms with van der Waals surface area (Å²) in [5.41, 5.74) is 3.48. The first-order valence-electron chi connectivity index (χ1n) is 8.12. The summed E-state index contributed by atoms with van der Waals surface area (Å²) in [5.74, 6) is 0.0445. The van der Waals surface area contributed by atoms with Crippen LogP contribution in [0.25, 0.3) is 10.9 Å². The standard InChI is InChI=1S/C19H16N4O4/c1-13(27-17-9-3-6-15-7-4-10-20-18(15)17)19(24)22-21-12-14-5-2-8-16(11-14)23(25)26/h2-13H,1H3,(H,22,24)/b21-12+. The van der Waals surface area contributed by atoms with Gasteiger partial charge in [0.25, 0.3) is 11.6 Å². The van der Waals surface area contributed by atoms with Crippen molar-refractivity contribution in [2.24, 2.45) is 5.10 Å². The molecule has 0 aliphatic heterocycles. The molecule has 2 aromatic carbocycles. The van der Waals surface area contributed by atoms with Crippen LogP contribution in [0, 0.1) is 10.1 Å². The lowest BCUT2D eigenvalue weighted by atomic mass is 10.2. The van der Waals surface area contributed by atoms with E-state index in [1.54, 1.807) is 31.3 Å². The minimum atomic E-state index is -0.806. The Morgan fingerprint density at radius 2 is 2.04 bits per heavy atom. The molecule has 1 atom stereocenters. The molecule has 0 radical (unpaired) electrons. The van der Waals surface area contributed by atoms with Gasteiger partial charge in [0, 0.05) is 29.3 Å². The highest BCUT2D eigenvalue weighted by Gasteiger charge is 2.15. The van der Waals surface area contributed by atoms with E-state index in [1.807, 2.05) is 24.3 Å². The van der Waals surface area contributed by atoms with Crippen molar-refractivity contribution in [1.82, 2.24) is 10.4 Å². The van der Waals surface area contributed by atoms with E-state index in [1.165, 1.54) is 18.3 Å². The molecule has 1 N–H and O–H groups in total. The molecule has 136 valence electrons. The highest BCUT2D eigenvalue weighted by Crippen LogP contribution is 2.23. The van der Waals surface area contributed by atoms with Gasteiger partial charge in [0.05, 0.1) is 11.1 Å². The molecule has 3 rings (SSSR count). The summed E-state index contributed by atoms with van der Waals surface area (Å²) in [6.07, 6.45) is 2.18. The molecule has 0 fully saturated rings. The number of pyridine rings is 1. The topological polar surface area (TPSA) is 107 Å². The van der Waals surface area contributed by atoms with Crippen LogP contribution in [0.5, 0.6) is 5.75 Å². The lowest BCUT2D eigenvalue weighted by Gasteiger charge is -2.14. The average Bonchev–Trinajstić information content (AvgIpc) is 2.68. The summed E-state index contributed by atoms with van der Waals surface area (Å²) in [6.45, 7) is 1.60. The Labute approximate surface area is 154 Å². The number of hydrogen-bond acceptors (Lipinski definition) is 6. The van der Waals surface area contributed by atoms with Crippen LogP contribution in [0.2, 0.25) is 0 Å². The Hall–Kier alpha value is -3.81. The largest absolute Gasteiger partial charge is 0.479 e. The van der Waals surface area contributed by atoms with Crippen LogP contribution in [0.3, 0.4) is 0 Å². The number of ether oxygens (including phenoxy) is 1. The third-order valence-corrected chi connectivity index (χ3v) is 3.74. The van der Waals surface area contributed by atoms with E-state index in [-0.39, 0.29) is 5.69 Å². The molecule has 1 aromatic heterocycles. The fraction of sp³-hybridized carbons (Fsp3) is 0.105. The molecule has 0 aliphatic carbocycles. The molecule has 8 nitrogen and oxygen atoms in total. The average molecular weight is 364 g/mol. The number of amides is 1. The number of carbonyl (C=O) groups excluding carboxylic acids is 1. The van der Waals surface area contributed by atoms with Crippen LogP contribution in [-0.2, 0) is 4.79 Å². The minimum Gasteiger partial charge on any atom is -0.479 e. The SMILES string of the molecule is CC(Oc1cccc2cccnc12)C(=O)N/N=C/c1cccc([N+](=O)[O-])c1. The van der Waals surface area contributed by atoms with Gasteiger partial charge >= 0.3 is 0 Å². The molecular formula is C19H16N4O4. The molecule has 0 aliphatic rings. The van der Waals surface area contributed by atoms with Gasteiger partial charge in [-0.25, -0.2) is 5.43 Å². The molecule has 27 heavy (non-hydrogen) atoms. The van der Waals surface area contributed by atoms with E-state index < -0.39 is 16.9 Å². The zero-order valence-electron chi connectivity index (χ0n) is 14.4. The van der Waals surface area contributed by atoms with Crippen LogP contribution >= 0.6 is 0 Å². The number of carbonyl (C=O) groups is 1. The zero-order chi connectivity index (χ0) is 19.2. The van der Waals surface area contributed by atoms with E-state index in [0.29, 0.717) is 16.8 Å². The van der Waals surface area contributed by atoms with Crippen LogP contribution in [0.15, 0.2) is 65.9 Å². The number of hydrazone groups is 1. The number of non-ortho nitro benzene ring substituents is 1. The Balaban J connectivity index is 1.64. The highest BCUT2D eigenvalue weighted by molar-refractivity contribution is 5.87. The van der Waals surface area contributed by atoms with E-state index in [0.717, 1.165) is 5.39 Å². The summed E-state index contributed by atoms with van der Waals surface area (Å²) in [4.78, 5) is 26.7. The number of benzene rings is 2. The fourth-order valence-electron chi connectivity index (χ4n) is 2.40. The number of para-hydroxylation sites is 1. The summed E-state index contributed by atoms with van der Waals surface area (Å²) in [6, 6.07) is 15.1. The maximum Gasteiger partial charge on any atom is 0.280 e. The summed E-state index contributed by atoms with van der Waals surface area (Å²) in [7, 11) is 0. The third kappa shape index (κ3) is 4.43. The van der Waals surface area contributed by atoms with Crippen molar-refractivity contribution in [3.8, 4) is 5.75 Å². The molecule has 8 heteroatoms. The van der Waals surface area contributed by atoms with Gasteiger partial charge in [0.2, 0.25) is 0 Å². The van der Waals surface area contributed by atoms with Crippen molar-refractivity contribution in [2.75, 3.05) is 0 Å². The highest BCUT2D eigenvalue weighted by atomic mass is 16.6. The number of nitro benzene ring substituents is 1. The zero-order valence-corrected chi connectivity index (χ0v) is 14.4. The maximum absolute atomic E-state index is 12.2. The number of hydrogen-bond donors (Lipinski definition) is 1. The molecule has 3 aromatic rings. The number of nitro groups is 1. The van der Waals surface area contributed by atoms with Gasteiger partial charge < -0.3 is 4.74 Å². The monoisotopic (exact) mass is 364 g/mol. The van der Waals surface area contributed by atoms with Crippen LogP contribution in [0.1, 0.15) is 12.5 Å². The lowest BCUT2D eigenvalue weighted by molar-refractivity contribution is -0.384. The van der Waals surface area contributed by atoms with Crippen molar-refractivity contribution >= 4 is 28.7 Å². The fourth-order valence-corrected chi connectivity index (χ4v) is 2.40. The molecule has 1 heterocycles. The molecule has 0 saturated heterocycles. The molecule has 1 amide bonds. The van der Waals surface area contributed by atoms with Crippen LogP contribution in [-0.4, -0.2) is 28.1 Å². The second-order valence-corrected chi connectivity index (χ2v) is 5.68. The van der Waals surface area contributed by atoms with Gasteiger partial charge in [0.1, 0.15) is 11.3 Å². The van der Waals surface area contributed by atoms with Crippen molar-refractivity contribution in [3.05, 3.63) is 76.5 Å². The first kappa shape index (κ1) is 18.0. The minimum absolute atomic E-state index is 0.0505. The number of aromatic nitrogens is 1. The predicted octanol–water partition coefficient (Wildman–Crippen LogP) is 3.06. The van der Waals surface area contributed by atoms with Crippen molar-refractivity contribution in [3.63, 3.8) is 0 Å². The van der Waals surface area contributed by atoms with Crippen molar-refractivity contribution in [2.45, 2.75) is 13.0 Å². The number of rotatable bonds is 6. The molecular weight excluding hydrogens is 348 g/mol. The van der Waals surface area contributed by atoms with Gasteiger partial charge in [0.15, 0.2) is 6.10 Å². The van der Waals surface area contributed by atoms with Crippen LogP contribution in [0.4, 0.5) is 5.69 Å². The summed E-state index contributed by atoms with van der Waals surface area (Å²) >= 11 is 0. The van der Waals surface area contributed by atoms with Gasteiger partial charge in [-0.1, -0.05) is 30.3 Å². The number of nitrogens with one attached hydrogen (secondary N) is 1. The molecule has 0 bridgehead atoms. The van der Waals surface area contributed by atoms with Gasteiger partial charge in [-0.3, -0.25) is 19.9 Å². The van der Waals surface area contributed by atoms with Crippen LogP contribution < -0.4 is 10.2 Å². The Morgan fingerprint density at radius 1 is 1.26 bits per heavy atom. The predicted molar refractivity (Wildman–Crippen MR) is 101 cm³/mol. The Morgan fingerprint density at radius 3 is 2.85 bits per heavy atom. The van der Waals surface area contributed by atoms with E-state index in [2.05, 4.69) is 15.5 Å². The summed E-state index contributed by atoms with van der Waals surface area (Å²) < 4.78 is 5.70. The van der Waals surface area contributed by atoms with Crippen molar-refractivity contribution in [1.29, 1.82) is 0 Å². The van der Waals surface area contributed by atoms with E-state index >= 15 is 0 Å². The first-order valence-corrected chi connectivity index (χ1v) is 8.12. The molecule has 1 unspecified atom stereocenters. The van der Waals surface area contributed by atoms with Gasteiger partial charge in [-0.2, -0.15) is 5.10 Å². The molecule has 0 spiro atoms. The molecule has 0 saturated carbocycles. The number of nitrogens with zero attached hydrogens (tertiary/aromatic N) is 3. The quantitative estimate of drug-likeness (QED) is 0.411. The Kier molecular flexibility index (Phi) is 5.36. The summed E-state index contributed by atoms with van der Waals surface area (Å²) in [5, 5.41) is 15.5. The second kappa shape index (κ2) is 8.05. The number of fused-ring (bicyclic) bond motifs is 1.